The number of hydrogen-bond donors (Lipinski definition) is 2. The van der Waals surface area contributed by atoms with Crippen molar-refractivity contribution in [3.63, 3.8) is 0 Å². The minimum Gasteiger partial charge on any atom is -0.492 e. The second-order valence-electron chi connectivity index (χ2n) is 3.89. The topological polar surface area (TPSA) is 63.2 Å². The Hall–Kier alpha value is -2.27. The smallest absolute Gasteiger partial charge is 0.323 e. The largest absolute Gasteiger partial charge is 0.492 e. The van der Waals surface area contributed by atoms with Gasteiger partial charge in [-0.2, -0.15) is 0 Å². The van der Waals surface area contributed by atoms with Crippen molar-refractivity contribution >= 4 is 29.0 Å². The fourth-order valence-corrected chi connectivity index (χ4v) is 1.76. The van der Waals surface area contributed by atoms with Gasteiger partial charge in [-0.25, -0.2) is 4.79 Å². The maximum absolute atomic E-state index is 11.9. The van der Waals surface area contributed by atoms with Gasteiger partial charge in [0.05, 0.1) is 24.2 Å². The standard InChI is InChI=1S/C14H14ClN3O2/c1-2-20-13-8-10(15)5-6-12(13)18-14(19)17-11-4-3-7-16-9-11/h3-9H,2H2,1H3,(H2,17,18,19). The number of halogens is 1. The number of rotatable bonds is 4. The minimum absolute atomic E-state index is 0.374. The normalized spacial score (nSPS) is 9.90. The lowest BCUT2D eigenvalue weighted by atomic mass is 10.3. The van der Waals surface area contributed by atoms with Gasteiger partial charge in [-0.15, -0.1) is 0 Å². The van der Waals surface area contributed by atoms with Crippen LogP contribution in [0.5, 0.6) is 5.75 Å². The molecule has 0 unspecified atom stereocenters. The van der Waals surface area contributed by atoms with E-state index in [2.05, 4.69) is 15.6 Å². The highest BCUT2D eigenvalue weighted by molar-refractivity contribution is 6.30. The van der Waals surface area contributed by atoms with Crippen molar-refractivity contribution in [2.24, 2.45) is 0 Å². The average molecular weight is 292 g/mol. The second-order valence-corrected chi connectivity index (χ2v) is 4.33. The Bertz CT molecular complexity index is 590. The third kappa shape index (κ3) is 3.86. The van der Waals surface area contributed by atoms with E-state index in [4.69, 9.17) is 16.3 Å². The van der Waals surface area contributed by atoms with Gasteiger partial charge < -0.3 is 15.4 Å². The zero-order chi connectivity index (χ0) is 14.4. The summed E-state index contributed by atoms with van der Waals surface area (Å²) >= 11 is 5.90. The molecule has 0 radical (unpaired) electrons. The highest BCUT2D eigenvalue weighted by Crippen LogP contribution is 2.28. The molecule has 5 nitrogen and oxygen atoms in total. The Morgan fingerprint density at radius 3 is 2.90 bits per heavy atom. The molecule has 0 fully saturated rings. The third-order valence-corrected chi connectivity index (χ3v) is 2.65. The van der Waals surface area contributed by atoms with Gasteiger partial charge in [0.25, 0.3) is 0 Å². The summed E-state index contributed by atoms with van der Waals surface area (Å²) in [6, 6.07) is 8.15. The van der Waals surface area contributed by atoms with Crippen LogP contribution in [0.2, 0.25) is 5.02 Å². The van der Waals surface area contributed by atoms with Crippen LogP contribution in [0.3, 0.4) is 0 Å². The summed E-state index contributed by atoms with van der Waals surface area (Å²) in [4.78, 5) is 15.8. The predicted molar refractivity (Wildman–Crippen MR) is 79.5 cm³/mol. The number of ether oxygens (including phenoxy) is 1. The number of carbonyl (C=O) groups is 1. The van der Waals surface area contributed by atoms with Gasteiger partial charge in [0.2, 0.25) is 0 Å². The zero-order valence-electron chi connectivity index (χ0n) is 10.9. The van der Waals surface area contributed by atoms with Gasteiger partial charge in [0.15, 0.2) is 0 Å². The molecule has 1 aromatic heterocycles. The van der Waals surface area contributed by atoms with Gasteiger partial charge in [-0.1, -0.05) is 11.6 Å². The molecule has 0 aliphatic carbocycles. The predicted octanol–water partition coefficient (Wildman–Crippen LogP) is 3.78. The fraction of sp³-hybridized carbons (Fsp3) is 0.143. The number of hydrogen-bond acceptors (Lipinski definition) is 3. The summed E-state index contributed by atoms with van der Waals surface area (Å²) < 4.78 is 5.43. The van der Waals surface area contributed by atoms with E-state index in [1.807, 2.05) is 6.92 Å². The molecule has 2 rings (SSSR count). The van der Waals surface area contributed by atoms with Crippen LogP contribution in [0, 0.1) is 0 Å². The maximum atomic E-state index is 11.9. The Kier molecular flexibility index (Phi) is 4.79. The van der Waals surface area contributed by atoms with Crippen LogP contribution >= 0.6 is 11.6 Å². The van der Waals surface area contributed by atoms with Crippen LogP contribution in [0.25, 0.3) is 0 Å². The van der Waals surface area contributed by atoms with Crippen molar-refractivity contribution in [1.29, 1.82) is 0 Å². The maximum Gasteiger partial charge on any atom is 0.323 e. The fourth-order valence-electron chi connectivity index (χ4n) is 1.60. The molecule has 0 saturated carbocycles. The van der Waals surface area contributed by atoms with Crippen molar-refractivity contribution in [2.45, 2.75) is 6.92 Å². The van der Waals surface area contributed by atoms with Crippen LogP contribution in [-0.2, 0) is 0 Å². The average Bonchev–Trinajstić information content (AvgIpc) is 2.43. The molecule has 6 heteroatoms. The number of anilines is 2. The molecule has 0 bridgehead atoms. The van der Waals surface area contributed by atoms with E-state index in [-0.39, 0.29) is 6.03 Å². The van der Waals surface area contributed by atoms with Gasteiger partial charge >= 0.3 is 6.03 Å². The summed E-state index contributed by atoms with van der Waals surface area (Å²) in [7, 11) is 0. The Balaban J connectivity index is 2.07. The van der Waals surface area contributed by atoms with Crippen LogP contribution < -0.4 is 15.4 Å². The lowest BCUT2D eigenvalue weighted by Crippen LogP contribution is -2.20. The van der Waals surface area contributed by atoms with Gasteiger partial charge in [0.1, 0.15) is 5.75 Å². The molecule has 0 aliphatic heterocycles. The monoisotopic (exact) mass is 291 g/mol. The van der Waals surface area contributed by atoms with Crippen LogP contribution in [0.1, 0.15) is 6.92 Å². The van der Waals surface area contributed by atoms with E-state index in [0.29, 0.717) is 28.8 Å². The quantitative estimate of drug-likeness (QED) is 0.901. The summed E-state index contributed by atoms with van der Waals surface area (Å²) in [5, 5.41) is 5.93. The zero-order valence-corrected chi connectivity index (χ0v) is 11.6. The van der Waals surface area contributed by atoms with Crippen LogP contribution in [0.4, 0.5) is 16.2 Å². The molecule has 2 aromatic rings. The number of nitrogens with zero attached hydrogens (tertiary/aromatic N) is 1. The number of amides is 2. The second kappa shape index (κ2) is 6.77. The molecule has 1 aromatic carbocycles. The summed E-state index contributed by atoms with van der Waals surface area (Å²) in [5.41, 5.74) is 1.16. The first kappa shape index (κ1) is 14.1. The van der Waals surface area contributed by atoms with Crippen molar-refractivity contribution in [1.82, 2.24) is 4.98 Å². The van der Waals surface area contributed by atoms with Crippen LogP contribution in [0.15, 0.2) is 42.7 Å². The highest BCUT2D eigenvalue weighted by atomic mass is 35.5. The number of benzene rings is 1. The summed E-state index contributed by atoms with van der Waals surface area (Å²) in [5.74, 6) is 0.529. The minimum atomic E-state index is -0.374. The first-order valence-corrected chi connectivity index (χ1v) is 6.47. The van der Waals surface area contributed by atoms with E-state index in [0.717, 1.165) is 0 Å². The van der Waals surface area contributed by atoms with Crippen LogP contribution in [-0.4, -0.2) is 17.6 Å². The Morgan fingerprint density at radius 1 is 1.35 bits per heavy atom. The lowest BCUT2D eigenvalue weighted by molar-refractivity contribution is 0.262. The van der Waals surface area contributed by atoms with E-state index in [1.165, 1.54) is 0 Å². The Morgan fingerprint density at radius 2 is 2.20 bits per heavy atom. The van der Waals surface area contributed by atoms with E-state index >= 15 is 0 Å². The summed E-state index contributed by atoms with van der Waals surface area (Å²) in [6.07, 6.45) is 3.19. The molecule has 0 aliphatic rings. The van der Waals surface area contributed by atoms with Gasteiger partial charge in [-0.05, 0) is 31.2 Å². The first-order chi connectivity index (χ1) is 9.69. The Labute approximate surface area is 121 Å². The first-order valence-electron chi connectivity index (χ1n) is 6.09. The third-order valence-electron chi connectivity index (χ3n) is 2.41. The van der Waals surface area contributed by atoms with Crippen molar-refractivity contribution in [2.75, 3.05) is 17.2 Å². The molecule has 0 saturated heterocycles. The van der Waals surface area contributed by atoms with Crippen molar-refractivity contribution in [3.8, 4) is 5.75 Å². The molecule has 0 spiro atoms. The number of nitrogens with one attached hydrogen (secondary N) is 2. The number of carbonyl (C=O) groups excluding carboxylic acids is 1. The molecule has 2 amide bonds. The highest BCUT2D eigenvalue weighted by Gasteiger charge is 2.08. The summed E-state index contributed by atoms with van der Waals surface area (Å²) in [6.45, 7) is 2.35. The van der Waals surface area contributed by atoms with Crippen molar-refractivity contribution < 1.29 is 9.53 Å². The molecular formula is C14H14ClN3O2. The molecule has 0 atom stereocenters. The lowest BCUT2D eigenvalue weighted by Gasteiger charge is -2.12. The van der Waals surface area contributed by atoms with E-state index in [1.54, 1.807) is 42.7 Å². The number of pyridine rings is 1. The number of urea groups is 1. The van der Waals surface area contributed by atoms with E-state index in [9.17, 15) is 4.79 Å². The van der Waals surface area contributed by atoms with Crippen molar-refractivity contribution in [3.05, 3.63) is 47.7 Å². The molecule has 20 heavy (non-hydrogen) atoms. The molecule has 2 N–H and O–H groups in total. The molecular weight excluding hydrogens is 278 g/mol. The number of aromatic nitrogens is 1. The molecule has 1 heterocycles. The molecule has 104 valence electrons. The van der Waals surface area contributed by atoms with E-state index < -0.39 is 0 Å². The SMILES string of the molecule is CCOc1cc(Cl)ccc1NC(=O)Nc1cccnc1. The van der Waals surface area contributed by atoms with Gasteiger partial charge in [-0.3, -0.25) is 4.98 Å². The van der Waals surface area contributed by atoms with Gasteiger partial charge in [0, 0.05) is 17.3 Å².